The Hall–Kier alpha value is -3.40. The van der Waals surface area contributed by atoms with Crippen LogP contribution in [0.3, 0.4) is 0 Å². The molecule has 0 bridgehead atoms. The van der Waals surface area contributed by atoms with Crippen molar-refractivity contribution >= 4 is 33.8 Å². The fourth-order valence-corrected chi connectivity index (χ4v) is 3.61. The lowest BCUT2D eigenvalue weighted by molar-refractivity contribution is -0.142. The summed E-state index contributed by atoms with van der Waals surface area (Å²) in [6.45, 7) is 3.04. The number of benzene rings is 2. The summed E-state index contributed by atoms with van der Waals surface area (Å²) in [7, 11) is -2.41. The number of anilines is 1. The maximum Gasteiger partial charge on any atom is 0.343 e. The zero-order chi connectivity index (χ0) is 23.0. The van der Waals surface area contributed by atoms with E-state index in [-0.39, 0.29) is 6.61 Å². The number of carbonyl (C=O) groups is 2. The molecule has 9 nitrogen and oxygen atoms in total. The van der Waals surface area contributed by atoms with Gasteiger partial charge in [0.05, 0.1) is 25.3 Å². The van der Waals surface area contributed by atoms with Gasteiger partial charge in [-0.15, -0.1) is 0 Å². The summed E-state index contributed by atoms with van der Waals surface area (Å²) < 4.78 is 35.3. The van der Waals surface area contributed by atoms with Gasteiger partial charge in [0.25, 0.3) is 5.91 Å². The number of rotatable bonds is 9. The van der Waals surface area contributed by atoms with Gasteiger partial charge < -0.3 is 9.47 Å². The average molecular weight is 448 g/mol. The van der Waals surface area contributed by atoms with Crippen LogP contribution in [0.5, 0.6) is 5.75 Å². The lowest BCUT2D eigenvalue weighted by atomic mass is 10.1. The minimum Gasteiger partial charge on any atom is -0.482 e. The van der Waals surface area contributed by atoms with Gasteiger partial charge in [0.1, 0.15) is 12.3 Å². The van der Waals surface area contributed by atoms with Crippen molar-refractivity contribution in [2.24, 2.45) is 5.10 Å². The van der Waals surface area contributed by atoms with Crippen molar-refractivity contribution in [3.05, 3.63) is 59.2 Å². The third kappa shape index (κ3) is 7.41. The fourth-order valence-electron chi connectivity index (χ4n) is 2.70. The second kappa shape index (κ2) is 10.6. The number of amides is 1. The number of hydrogen-bond acceptors (Lipinski definition) is 7. The van der Waals surface area contributed by atoms with Crippen molar-refractivity contribution in [2.75, 3.05) is 30.8 Å². The molecule has 2 rings (SSSR count). The number of carbonyl (C=O) groups excluding carboxylic acids is 2. The molecule has 0 aromatic heterocycles. The molecule has 0 unspecified atom stereocenters. The second-order valence-corrected chi connectivity index (χ2v) is 8.70. The van der Waals surface area contributed by atoms with Crippen LogP contribution >= 0.6 is 0 Å². The average Bonchev–Trinajstić information content (AvgIpc) is 2.70. The highest BCUT2D eigenvalue weighted by molar-refractivity contribution is 7.92. The Morgan fingerprint density at radius 2 is 1.90 bits per heavy atom. The molecule has 2 aromatic rings. The van der Waals surface area contributed by atoms with E-state index in [2.05, 4.69) is 15.3 Å². The lowest BCUT2D eigenvalue weighted by Gasteiger charge is -2.23. The molecule has 1 N–H and O–H groups in total. The molecule has 0 aliphatic heterocycles. The highest BCUT2D eigenvalue weighted by Crippen LogP contribution is 2.23. The van der Waals surface area contributed by atoms with E-state index in [1.165, 1.54) is 13.3 Å². The first kappa shape index (κ1) is 23.9. The van der Waals surface area contributed by atoms with Gasteiger partial charge in [-0.25, -0.2) is 18.6 Å². The van der Waals surface area contributed by atoms with E-state index in [4.69, 9.17) is 4.74 Å². The summed E-state index contributed by atoms with van der Waals surface area (Å²) in [6.07, 6.45) is 2.42. The number of sulfonamides is 1. The first-order valence-corrected chi connectivity index (χ1v) is 11.1. The van der Waals surface area contributed by atoms with Crippen LogP contribution in [-0.2, 0) is 24.3 Å². The largest absolute Gasteiger partial charge is 0.482 e. The number of aryl methyl sites for hydroxylation is 2. The monoisotopic (exact) mass is 447 g/mol. The summed E-state index contributed by atoms with van der Waals surface area (Å²) in [4.78, 5) is 23.5. The molecular weight excluding hydrogens is 422 g/mol. The van der Waals surface area contributed by atoms with Crippen LogP contribution < -0.4 is 14.5 Å². The molecule has 0 heterocycles. The zero-order valence-corrected chi connectivity index (χ0v) is 18.6. The minimum absolute atomic E-state index is 0.229. The molecular formula is C21H25N3O6S. The second-order valence-electron chi connectivity index (χ2n) is 6.79. The highest BCUT2D eigenvalue weighted by Gasteiger charge is 2.22. The van der Waals surface area contributed by atoms with Crippen LogP contribution in [0.2, 0.25) is 0 Å². The van der Waals surface area contributed by atoms with E-state index in [1.54, 1.807) is 43.3 Å². The molecule has 1 amide bonds. The van der Waals surface area contributed by atoms with Gasteiger partial charge in [0.15, 0.2) is 6.61 Å². The first-order valence-electron chi connectivity index (χ1n) is 9.26. The van der Waals surface area contributed by atoms with E-state index in [1.807, 2.05) is 13.0 Å². The Kier molecular flexibility index (Phi) is 8.14. The van der Waals surface area contributed by atoms with Crippen LogP contribution in [-0.4, -0.2) is 53.0 Å². The number of ether oxygens (including phenoxy) is 2. The van der Waals surface area contributed by atoms with Crippen molar-refractivity contribution in [3.63, 3.8) is 0 Å². The first-order chi connectivity index (χ1) is 14.6. The van der Waals surface area contributed by atoms with Crippen molar-refractivity contribution in [1.29, 1.82) is 0 Å². The molecule has 0 saturated carbocycles. The maximum atomic E-state index is 12.3. The van der Waals surface area contributed by atoms with Crippen LogP contribution in [0.1, 0.15) is 16.7 Å². The van der Waals surface area contributed by atoms with Crippen LogP contribution in [0.15, 0.2) is 47.6 Å². The Balaban J connectivity index is 2.04. The van der Waals surface area contributed by atoms with Crippen molar-refractivity contribution in [3.8, 4) is 5.75 Å². The Labute approximate surface area is 181 Å². The number of nitrogens with one attached hydrogen (secondary N) is 1. The zero-order valence-electron chi connectivity index (χ0n) is 17.8. The molecule has 10 heteroatoms. The number of esters is 1. The smallest absolute Gasteiger partial charge is 0.343 e. The maximum absolute atomic E-state index is 12.3. The molecule has 2 aromatic carbocycles. The van der Waals surface area contributed by atoms with Gasteiger partial charge in [-0.1, -0.05) is 29.8 Å². The molecule has 0 radical (unpaired) electrons. The van der Waals surface area contributed by atoms with Crippen molar-refractivity contribution in [2.45, 2.75) is 13.8 Å². The van der Waals surface area contributed by atoms with Gasteiger partial charge in [0, 0.05) is 0 Å². The van der Waals surface area contributed by atoms with Gasteiger partial charge in [0.2, 0.25) is 10.0 Å². The Bertz CT molecular complexity index is 1080. The van der Waals surface area contributed by atoms with E-state index >= 15 is 0 Å². The van der Waals surface area contributed by atoms with Crippen LogP contribution in [0.25, 0.3) is 0 Å². The summed E-state index contributed by atoms with van der Waals surface area (Å²) in [5.41, 5.74) is 5.09. The summed E-state index contributed by atoms with van der Waals surface area (Å²) >= 11 is 0. The minimum atomic E-state index is -3.68. The molecule has 166 valence electrons. The molecule has 0 aliphatic rings. The fraction of sp³-hybridized carbons (Fsp3) is 0.286. The molecule has 0 fully saturated rings. The number of methoxy groups -OCH3 is 1. The van der Waals surface area contributed by atoms with E-state index in [0.29, 0.717) is 17.0 Å². The van der Waals surface area contributed by atoms with Gasteiger partial charge in [-0.05, 0) is 43.2 Å². The van der Waals surface area contributed by atoms with E-state index < -0.39 is 28.4 Å². The van der Waals surface area contributed by atoms with Crippen LogP contribution in [0, 0.1) is 13.8 Å². The van der Waals surface area contributed by atoms with E-state index in [9.17, 15) is 18.0 Å². The molecule has 0 aliphatic carbocycles. The number of hydrogen-bond donors (Lipinski definition) is 1. The lowest BCUT2D eigenvalue weighted by Crippen LogP contribution is -2.39. The molecule has 31 heavy (non-hydrogen) atoms. The van der Waals surface area contributed by atoms with E-state index in [0.717, 1.165) is 21.7 Å². The SMILES string of the molecule is COC(=O)COc1cccc(/C=N\NC(=O)CN(c2ccc(C)cc2C)S(C)(=O)=O)c1. The third-order valence-corrected chi connectivity index (χ3v) is 5.28. The summed E-state index contributed by atoms with van der Waals surface area (Å²) in [5, 5.41) is 3.87. The molecule has 0 atom stereocenters. The van der Waals surface area contributed by atoms with Crippen LogP contribution in [0.4, 0.5) is 5.69 Å². The summed E-state index contributed by atoms with van der Waals surface area (Å²) in [5.74, 6) is -0.677. The standard InChI is InChI=1S/C21H25N3O6S/c1-15-8-9-19(16(2)10-15)24(31(4,27)28)13-20(25)23-22-12-17-6-5-7-18(11-17)30-14-21(26)29-3/h5-12H,13-14H2,1-4H3,(H,23,25)/b22-12-. The van der Waals surface area contributed by atoms with Gasteiger partial charge in [-0.2, -0.15) is 5.10 Å². The topological polar surface area (TPSA) is 114 Å². The highest BCUT2D eigenvalue weighted by atomic mass is 32.2. The Morgan fingerprint density at radius 3 is 2.55 bits per heavy atom. The normalized spacial score (nSPS) is 11.2. The van der Waals surface area contributed by atoms with Gasteiger partial charge >= 0.3 is 5.97 Å². The predicted octanol–water partition coefficient (Wildman–Crippen LogP) is 1.77. The Morgan fingerprint density at radius 1 is 1.16 bits per heavy atom. The van der Waals surface area contributed by atoms with Crippen molar-refractivity contribution < 1.29 is 27.5 Å². The molecule has 0 spiro atoms. The quantitative estimate of drug-likeness (QED) is 0.356. The predicted molar refractivity (Wildman–Crippen MR) is 118 cm³/mol. The molecule has 0 saturated heterocycles. The van der Waals surface area contributed by atoms with Gasteiger partial charge in [-0.3, -0.25) is 9.10 Å². The van der Waals surface area contributed by atoms with Crippen molar-refractivity contribution in [1.82, 2.24) is 5.43 Å². The number of nitrogens with zero attached hydrogens (tertiary/aromatic N) is 2. The third-order valence-electron chi connectivity index (χ3n) is 4.15. The summed E-state index contributed by atoms with van der Waals surface area (Å²) in [6, 6.07) is 12.0. The number of hydrazone groups is 1.